The molecule has 0 bridgehead atoms. The van der Waals surface area contributed by atoms with Crippen molar-refractivity contribution in [3.63, 3.8) is 0 Å². The predicted molar refractivity (Wildman–Crippen MR) is 66.8 cm³/mol. The van der Waals surface area contributed by atoms with E-state index in [0.717, 1.165) is 30.8 Å². The monoisotopic (exact) mass is 253 g/mol. The second kappa shape index (κ2) is 5.94. The molecule has 2 aromatic rings. The molecular formula is C11H12ClN3S. The van der Waals surface area contributed by atoms with Crippen LogP contribution in [0.2, 0.25) is 5.15 Å². The van der Waals surface area contributed by atoms with Crippen LogP contribution in [-0.2, 0) is 13.0 Å². The Morgan fingerprint density at radius 2 is 2.25 bits per heavy atom. The smallest absolute Gasteiger partial charge is 0.129 e. The van der Waals surface area contributed by atoms with Gasteiger partial charge in [-0.25, -0.2) is 9.97 Å². The van der Waals surface area contributed by atoms with E-state index in [-0.39, 0.29) is 0 Å². The van der Waals surface area contributed by atoms with Crippen molar-refractivity contribution >= 4 is 22.9 Å². The Morgan fingerprint density at radius 1 is 1.31 bits per heavy atom. The summed E-state index contributed by atoms with van der Waals surface area (Å²) in [4.78, 5) is 8.24. The molecule has 2 heterocycles. The van der Waals surface area contributed by atoms with Crippen molar-refractivity contribution in [2.24, 2.45) is 0 Å². The largest absolute Gasteiger partial charge is 0.312 e. The summed E-state index contributed by atoms with van der Waals surface area (Å²) >= 11 is 7.33. The second-order valence-corrected chi connectivity index (χ2v) is 4.50. The van der Waals surface area contributed by atoms with Gasteiger partial charge in [0.15, 0.2) is 0 Å². The molecule has 0 atom stereocenters. The number of pyridine rings is 1. The van der Waals surface area contributed by atoms with Gasteiger partial charge >= 0.3 is 0 Å². The summed E-state index contributed by atoms with van der Waals surface area (Å²) in [5, 5.41) is 5.95. The van der Waals surface area contributed by atoms with Crippen molar-refractivity contribution in [3.05, 3.63) is 45.6 Å². The highest BCUT2D eigenvalue weighted by molar-refractivity contribution is 7.07. The van der Waals surface area contributed by atoms with Gasteiger partial charge in [-0.05, 0) is 11.6 Å². The Bertz CT molecular complexity index is 413. The van der Waals surface area contributed by atoms with E-state index in [0.29, 0.717) is 5.15 Å². The minimum Gasteiger partial charge on any atom is -0.312 e. The molecule has 0 spiro atoms. The van der Waals surface area contributed by atoms with Gasteiger partial charge in [0.05, 0.1) is 11.2 Å². The summed E-state index contributed by atoms with van der Waals surface area (Å²) in [7, 11) is 0. The number of halogens is 1. The molecule has 0 aliphatic carbocycles. The normalized spacial score (nSPS) is 10.6. The first kappa shape index (κ1) is 11.5. The standard InChI is InChI=1S/C11H12ClN3S/c12-11-2-1-9(6-14-11)5-13-4-3-10-7-16-8-15-10/h1-2,6-8,13H,3-5H2. The maximum atomic E-state index is 5.70. The van der Waals surface area contributed by atoms with E-state index >= 15 is 0 Å². The summed E-state index contributed by atoms with van der Waals surface area (Å²) < 4.78 is 0. The van der Waals surface area contributed by atoms with Crippen LogP contribution in [-0.4, -0.2) is 16.5 Å². The summed E-state index contributed by atoms with van der Waals surface area (Å²) in [5.74, 6) is 0. The highest BCUT2D eigenvalue weighted by atomic mass is 35.5. The minimum absolute atomic E-state index is 0.534. The lowest BCUT2D eigenvalue weighted by molar-refractivity contribution is 0.680. The Morgan fingerprint density at radius 3 is 2.94 bits per heavy atom. The number of aromatic nitrogens is 2. The third kappa shape index (κ3) is 3.56. The fourth-order valence-electron chi connectivity index (χ4n) is 1.32. The number of hydrogen-bond donors (Lipinski definition) is 1. The maximum Gasteiger partial charge on any atom is 0.129 e. The Balaban J connectivity index is 1.70. The van der Waals surface area contributed by atoms with E-state index in [1.165, 1.54) is 0 Å². The van der Waals surface area contributed by atoms with Crippen LogP contribution in [0.4, 0.5) is 0 Å². The van der Waals surface area contributed by atoms with Gasteiger partial charge in [0.25, 0.3) is 0 Å². The van der Waals surface area contributed by atoms with E-state index in [2.05, 4.69) is 20.7 Å². The van der Waals surface area contributed by atoms with Crippen LogP contribution in [0.15, 0.2) is 29.2 Å². The second-order valence-electron chi connectivity index (χ2n) is 3.40. The quantitative estimate of drug-likeness (QED) is 0.657. The number of nitrogens with zero attached hydrogens (tertiary/aromatic N) is 2. The molecule has 0 unspecified atom stereocenters. The molecule has 5 heteroatoms. The molecule has 0 saturated carbocycles. The van der Waals surface area contributed by atoms with E-state index in [1.54, 1.807) is 23.6 Å². The molecule has 0 aliphatic heterocycles. The van der Waals surface area contributed by atoms with Gasteiger partial charge in [0.2, 0.25) is 0 Å². The van der Waals surface area contributed by atoms with Gasteiger partial charge in [-0.1, -0.05) is 17.7 Å². The van der Waals surface area contributed by atoms with Gasteiger partial charge in [0.1, 0.15) is 5.15 Å². The zero-order chi connectivity index (χ0) is 11.2. The molecule has 84 valence electrons. The molecule has 0 aromatic carbocycles. The summed E-state index contributed by atoms with van der Waals surface area (Å²) in [5.41, 5.74) is 4.15. The molecule has 0 aliphatic rings. The van der Waals surface area contributed by atoms with E-state index in [4.69, 9.17) is 11.6 Å². The van der Waals surface area contributed by atoms with Crippen LogP contribution >= 0.6 is 22.9 Å². The highest BCUT2D eigenvalue weighted by Crippen LogP contribution is 2.05. The van der Waals surface area contributed by atoms with Crippen LogP contribution in [0.25, 0.3) is 0 Å². The molecule has 2 aromatic heterocycles. The lowest BCUT2D eigenvalue weighted by atomic mass is 10.3. The zero-order valence-corrected chi connectivity index (χ0v) is 10.3. The van der Waals surface area contributed by atoms with Gasteiger partial charge in [0, 0.05) is 31.1 Å². The molecule has 2 rings (SSSR count). The first-order valence-corrected chi connectivity index (χ1v) is 6.35. The topological polar surface area (TPSA) is 37.8 Å². The lowest BCUT2D eigenvalue weighted by Gasteiger charge is -2.03. The van der Waals surface area contributed by atoms with Gasteiger partial charge < -0.3 is 5.32 Å². The third-order valence-electron chi connectivity index (χ3n) is 2.16. The molecule has 16 heavy (non-hydrogen) atoms. The predicted octanol–water partition coefficient (Wildman–Crippen LogP) is 2.52. The average molecular weight is 254 g/mol. The SMILES string of the molecule is Clc1ccc(CNCCc2cscn2)cn1. The molecular weight excluding hydrogens is 242 g/mol. The maximum absolute atomic E-state index is 5.70. The Kier molecular flexibility index (Phi) is 4.27. The molecule has 1 N–H and O–H groups in total. The fourth-order valence-corrected chi connectivity index (χ4v) is 2.03. The summed E-state index contributed by atoms with van der Waals surface area (Å²) in [6.45, 7) is 1.74. The molecule has 0 radical (unpaired) electrons. The number of thiazole rings is 1. The van der Waals surface area contributed by atoms with Crippen molar-refractivity contribution in [2.75, 3.05) is 6.54 Å². The van der Waals surface area contributed by atoms with Crippen molar-refractivity contribution in [1.82, 2.24) is 15.3 Å². The number of rotatable bonds is 5. The number of hydrogen-bond acceptors (Lipinski definition) is 4. The van der Waals surface area contributed by atoms with Gasteiger partial charge in [-0.15, -0.1) is 11.3 Å². The van der Waals surface area contributed by atoms with Crippen molar-refractivity contribution in [1.29, 1.82) is 0 Å². The Labute approximate surface area is 104 Å². The zero-order valence-electron chi connectivity index (χ0n) is 8.69. The van der Waals surface area contributed by atoms with E-state index in [1.807, 2.05) is 11.6 Å². The number of nitrogens with one attached hydrogen (secondary N) is 1. The van der Waals surface area contributed by atoms with E-state index in [9.17, 15) is 0 Å². The van der Waals surface area contributed by atoms with Crippen LogP contribution in [0.1, 0.15) is 11.3 Å². The van der Waals surface area contributed by atoms with Crippen LogP contribution in [0.5, 0.6) is 0 Å². The van der Waals surface area contributed by atoms with Gasteiger partial charge in [-0.2, -0.15) is 0 Å². The van der Waals surface area contributed by atoms with Crippen molar-refractivity contribution in [3.8, 4) is 0 Å². The third-order valence-corrected chi connectivity index (χ3v) is 3.02. The molecule has 0 fully saturated rings. The van der Waals surface area contributed by atoms with Crippen molar-refractivity contribution < 1.29 is 0 Å². The summed E-state index contributed by atoms with van der Waals surface area (Å²) in [6, 6.07) is 3.78. The molecule has 0 saturated heterocycles. The van der Waals surface area contributed by atoms with Crippen LogP contribution in [0.3, 0.4) is 0 Å². The van der Waals surface area contributed by atoms with E-state index < -0.39 is 0 Å². The van der Waals surface area contributed by atoms with Crippen LogP contribution < -0.4 is 5.32 Å². The fraction of sp³-hybridized carbons (Fsp3) is 0.273. The Hall–Kier alpha value is -0.970. The minimum atomic E-state index is 0.534. The lowest BCUT2D eigenvalue weighted by Crippen LogP contribution is -2.16. The van der Waals surface area contributed by atoms with Crippen molar-refractivity contribution in [2.45, 2.75) is 13.0 Å². The first-order valence-electron chi connectivity index (χ1n) is 5.03. The highest BCUT2D eigenvalue weighted by Gasteiger charge is 1.96. The average Bonchev–Trinajstić information content (AvgIpc) is 2.80. The summed E-state index contributed by atoms with van der Waals surface area (Å²) in [6.07, 6.45) is 2.75. The molecule has 0 amide bonds. The molecule has 3 nitrogen and oxygen atoms in total. The van der Waals surface area contributed by atoms with Gasteiger partial charge in [-0.3, -0.25) is 0 Å². The van der Waals surface area contributed by atoms with Crippen LogP contribution in [0, 0.1) is 0 Å². The first-order chi connectivity index (χ1) is 7.84.